The van der Waals surface area contributed by atoms with Crippen LogP contribution in [0, 0.1) is 5.92 Å². The Kier molecular flexibility index (Phi) is 3.33. The van der Waals surface area contributed by atoms with Crippen molar-refractivity contribution in [3.63, 3.8) is 0 Å². The summed E-state index contributed by atoms with van der Waals surface area (Å²) in [6.45, 7) is 0.686. The predicted molar refractivity (Wildman–Crippen MR) is 48.7 cm³/mol. The second-order valence-electron chi connectivity index (χ2n) is 3.46. The Hall–Kier alpha value is -0.820. The second kappa shape index (κ2) is 4.14. The zero-order valence-electron chi connectivity index (χ0n) is 7.59. The molecular weight excluding hydrogens is 210 g/mol. The number of piperidine rings is 1. The average molecular weight is 223 g/mol. The third-order valence-corrected chi connectivity index (χ3v) is 3.22. The molecule has 0 aliphatic carbocycles. The number of hydrogen-bond acceptors (Lipinski definition) is 3. The number of amides is 1. The van der Waals surface area contributed by atoms with Crippen LogP contribution in [0.2, 0.25) is 0 Å². The summed E-state index contributed by atoms with van der Waals surface area (Å²) in [5.41, 5.74) is 0. The zero-order chi connectivity index (χ0) is 10.8. The highest BCUT2D eigenvalue weighted by Crippen LogP contribution is 2.18. The van der Waals surface area contributed by atoms with Crippen LogP contribution in [-0.2, 0) is 10.1 Å². The zero-order valence-corrected chi connectivity index (χ0v) is 8.40. The van der Waals surface area contributed by atoms with E-state index in [1.807, 2.05) is 0 Å². The molecule has 0 aromatic carbocycles. The molecule has 0 saturated carbocycles. The molecule has 1 heterocycles. The van der Waals surface area contributed by atoms with Crippen molar-refractivity contribution in [2.75, 3.05) is 18.8 Å². The van der Waals surface area contributed by atoms with Gasteiger partial charge in [-0.25, -0.2) is 4.79 Å². The summed E-state index contributed by atoms with van der Waals surface area (Å²) in [7, 11) is -3.93. The Bertz CT molecular complexity index is 304. The number of carbonyl (C=O) groups is 1. The van der Waals surface area contributed by atoms with E-state index in [0.717, 1.165) is 0 Å². The van der Waals surface area contributed by atoms with Gasteiger partial charge in [-0.1, -0.05) is 0 Å². The van der Waals surface area contributed by atoms with Gasteiger partial charge in [-0.2, -0.15) is 8.42 Å². The Morgan fingerprint density at radius 2 is 1.86 bits per heavy atom. The van der Waals surface area contributed by atoms with Gasteiger partial charge in [-0.15, -0.1) is 0 Å². The fourth-order valence-electron chi connectivity index (χ4n) is 1.59. The van der Waals surface area contributed by atoms with Crippen molar-refractivity contribution >= 4 is 16.2 Å². The van der Waals surface area contributed by atoms with Gasteiger partial charge in [-0.3, -0.25) is 4.55 Å². The highest BCUT2D eigenvalue weighted by atomic mass is 32.2. The maximum Gasteiger partial charge on any atom is 0.407 e. The Balaban J connectivity index is 2.40. The van der Waals surface area contributed by atoms with Gasteiger partial charge in [0.2, 0.25) is 0 Å². The molecule has 0 aromatic rings. The number of hydrogen-bond donors (Lipinski definition) is 2. The van der Waals surface area contributed by atoms with Crippen molar-refractivity contribution in [2.24, 2.45) is 5.92 Å². The van der Waals surface area contributed by atoms with Crippen LogP contribution in [0.5, 0.6) is 0 Å². The number of likely N-dealkylation sites (tertiary alicyclic amines) is 1. The highest BCUT2D eigenvalue weighted by Gasteiger charge is 2.25. The lowest BCUT2D eigenvalue weighted by atomic mass is 9.99. The van der Waals surface area contributed by atoms with Gasteiger partial charge in [0.25, 0.3) is 10.1 Å². The summed E-state index contributed by atoms with van der Waals surface area (Å²) in [6, 6.07) is 0. The fourth-order valence-corrected chi connectivity index (χ4v) is 2.52. The molecule has 1 rings (SSSR count). The summed E-state index contributed by atoms with van der Waals surface area (Å²) in [5, 5.41) is 8.62. The van der Waals surface area contributed by atoms with E-state index in [0.29, 0.717) is 25.9 Å². The van der Waals surface area contributed by atoms with Gasteiger partial charge in [0, 0.05) is 13.1 Å². The van der Waals surface area contributed by atoms with E-state index >= 15 is 0 Å². The number of carboxylic acid groups (broad SMARTS) is 1. The third kappa shape index (κ3) is 3.51. The van der Waals surface area contributed by atoms with Crippen LogP contribution < -0.4 is 0 Å². The van der Waals surface area contributed by atoms with Gasteiger partial charge in [0.1, 0.15) is 0 Å². The summed E-state index contributed by atoms with van der Waals surface area (Å²) in [6.07, 6.45) is 0.00774. The standard InChI is InChI=1S/C7H13NO5S/c9-7(10)8-3-1-6(2-4-8)5-14(11,12)13/h6H,1-5H2,(H,9,10)(H,11,12,13). The normalized spacial score (nSPS) is 19.6. The first-order valence-corrected chi connectivity index (χ1v) is 5.92. The van der Waals surface area contributed by atoms with Crippen LogP contribution in [-0.4, -0.2) is 47.9 Å². The number of rotatable bonds is 2. The lowest BCUT2D eigenvalue weighted by Gasteiger charge is -2.29. The molecule has 1 saturated heterocycles. The first-order chi connectivity index (χ1) is 6.38. The van der Waals surface area contributed by atoms with E-state index in [1.54, 1.807) is 0 Å². The minimum atomic E-state index is -3.93. The maximum atomic E-state index is 10.5. The summed E-state index contributed by atoms with van der Waals surface area (Å²) in [5.74, 6) is -0.388. The largest absolute Gasteiger partial charge is 0.465 e. The average Bonchev–Trinajstić information content (AvgIpc) is 2.02. The van der Waals surface area contributed by atoms with E-state index < -0.39 is 16.2 Å². The monoisotopic (exact) mass is 223 g/mol. The quantitative estimate of drug-likeness (QED) is 0.655. The van der Waals surface area contributed by atoms with Gasteiger partial charge < -0.3 is 10.0 Å². The first kappa shape index (κ1) is 11.3. The molecule has 6 nitrogen and oxygen atoms in total. The molecule has 0 unspecified atom stereocenters. The molecule has 0 atom stereocenters. The molecular formula is C7H13NO5S. The van der Waals surface area contributed by atoms with E-state index in [4.69, 9.17) is 9.66 Å². The smallest absolute Gasteiger partial charge is 0.407 e. The van der Waals surface area contributed by atoms with Gasteiger partial charge in [0.05, 0.1) is 5.75 Å². The predicted octanol–water partition coefficient (Wildman–Crippen LogP) is 0.264. The summed E-state index contributed by atoms with van der Waals surface area (Å²) in [4.78, 5) is 11.8. The maximum absolute atomic E-state index is 10.5. The molecule has 1 aliphatic rings. The van der Waals surface area contributed by atoms with E-state index in [2.05, 4.69) is 0 Å². The molecule has 0 bridgehead atoms. The van der Waals surface area contributed by atoms with Crippen molar-refractivity contribution < 1.29 is 22.9 Å². The van der Waals surface area contributed by atoms with Crippen LogP contribution in [0.25, 0.3) is 0 Å². The minimum absolute atomic E-state index is 0.124. The summed E-state index contributed by atoms with van der Waals surface area (Å²) < 4.78 is 29.7. The molecule has 7 heteroatoms. The Morgan fingerprint density at radius 3 is 2.21 bits per heavy atom. The molecule has 1 amide bonds. The molecule has 82 valence electrons. The first-order valence-electron chi connectivity index (χ1n) is 4.31. The molecule has 14 heavy (non-hydrogen) atoms. The molecule has 0 aromatic heterocycles. The van der Waals surface area contributed by atoms with Crippen LogP contribution in [0.3, 0.4) is 0 Å². The van der Waals surface area contributed by atoms with Gasteiger partial charge >= 0.3 is 6.09 Å². The van der Waals surface area contributed by atoms with Crippen LogP contribution in [0.15, 0.2) is 0 Å². The highest BCUT2D eigenvalue weighted by molar-refractivity contribution is 7.85. The molecule has 2 N–H and O–H groups in total. The van der Waals surface area contributed by atoms with Crippen LogP contribution >= 0.6 is 0 Å². The van der Waals surface area contributed by atoms with Crippen LogP contribution in [0.4, 0.5) is 4.79 Å². The second-order valence-corrected chi connectivity index (χ2v) is 4.96. The van der Waals surface area contributed by atoms with Gasteiger partial charge in [0.15, 0.2) is 0 Å². The molecule has 0 radical (unpaired) electrons. The topological polar surface area (TPSA) is 94.9 Å². The fraction of sp³-hybridized carbons (Fsp3) is 0.857. The third-order valence-electron chi connectivity index (χ3n) is 2.33. The van der Waals surface area contributed by atoms with Crippen molar-refractivity contribution in [1.29, 1.82) is 0 Å². The minimum Gasteiger partial charge on any atom is -0.465 e. The lowest BCUT2D eigenvalue weighted by molar-refractivity contribution is 0.127. The lowest BCUT2D eigenvalue weighted by Crippen LogP contribution is -2.39. The SMILES string of the molecule is O=C(O)N1CCC(CS(=O)(=O)O)CC1. The van der Waals surface area contributed by atoms with Crippen molar-refractivity contribution in [1.82, 2.24) is 4.90 Å². The molecule has 0 spiro atoms. The molecule has 1 aliphatic heterocycles. The molecule has 1 fully saturated rings. The summed E-state index contributed by atoms with van der Waals surface area (Å²) >= 11 is 0. The Morgan fingerprint density at radius 1 is 1.36 bits per heavy atom. The van der Waals surface area contributed by atoms with E-state index in [1.165, 1.54) is 4.90 Å². The van der Waals surface area contributed by atoms with Crippen molar-refractivity contribution in [2.45, 2.75) is 12.8 Å². The van der Waals surface area contributed by atoms with Crippen molar-refractivity contribution in [3.8, 4) is 0 Å². The van der Waals surface area contributed by atoms with Crippen LogP contribution in [0.1, 0.15) is 12.8 Å². The van der Waals surface area contributed by atoms with Crippen molar-refractivity contribution in [3.05, 3.63) is 0 Å². The van der Waals surface area contributed by atoms with Gasteiger partial charge in [-0.05, 0) is 18.8 Å². The van der Waals surface area contributed by atoms with E-state index in [9.17, 15) is 13.2 Å². The van der Waals surface area contributed by atoms with E-state index in [-0.39, 0.29) is 11.7 Å². The Labute approximate surface area is 82.3 Å². The number of nitrogens with zero attached hydrogens (tertiary/aromatic N) is 1.